The lowest BCUT2D eigenvalue weighted by molar-refractivity contribution is -0.142. The molecule has 0 aliphatic rings. The van der Waals surface area contributed by atoms with E-state index in [1.807, 2.05) is 38.2 Å². The van der Waals surface area contributed by atoms with Crippen LogP contribution in [0.3, 0.4) is 0 Å². The van der Waals surface area contributed by atoms with Crippen molar-refractivity contribution < 1.29 is 19.5 Å². The molecule has 2 amide bonds. The van der Waals surface area contributed by atoms with Crippen LogP contribution in [0.5, 0.6) is 0 Å². The lowest BCUT2D eigenvalue weighted by Crippen LogP contribution is -2.46. The number of para-hydroxylation sites is 1. The van der Waals surface area contributed by atoms with Crippen molar-refractivity contribution in [3.63, 3.8) is 0 Å². The first kappa shape index (κ1) is 20.5. The molecule has 0 fully saturated rings. The molecule has 0 spiro atoms. The number of nitrogens with one attached hydrogen (secondary N) is 3. The fraction of sp³-hybridized carbons (Fsp3) is 0.450. The summed E-state index contributed by atoms with van der Waals surface area (Å²) in [4.78, 5) is 38.5. The molecule has 0 saturated heterocycles. The number of aromatic nitrogens is 1. The molecule has 0 saturated carbocycles. The van der Waals surface area contributed by atoms with Crippen molar-refractivity contribution >= 4 is 28.7 Å². The third-order valence-electron chi connectivity index (χ3n) is 4.41. The molecule has 1 aromatic carbocycles. The van der Waals surface area contributed by atoms with Crippen LogP contribution in [0.15, 0.2) is 24.4 Å². The highest BCUT2D eigenvalue weighted by atomic mass is 16.4. The third kappa shape index (κ3) is 5.57. The van der Waals surface area contributed by atoms with E-state index in [0.717, 1.165) is 22.9 Å². The van der Waals surface area contributed by atoms with Crippen LogP contribution in [0.2, 0.25) is 0 Å². The third-order valence-corrected chi connectivity index (χ3v) is 4.41. The molecule has 1 heterocycles. The van der Waals surface area contributed by atoms with Gasteiger partial charge in [-0.05, 0) is 29.9 Å². The minimum Gasteiger partial charge on any atom is -0.480 e. The number of aryl methyl sites for hydroxylation is 1. The largest absolute Gasteiger partial charge is 0.480 e. The lowest BCUT2D eigenvalue weighted by Gasteiger charge is -2.16. The quantitative estimate of drug-likeness (QED) is 0.539. The van der Waals surface area contributed by atoms with E-state index < -0.39 is 17.9 Å². The minimum absolute atomic E-state index is 0.135. The van der Waals surface area contributed by atoms with Crippen LogP contribution < -0.4 is 10.6 Å². The van der Waals surface area contributed by atoms with Gasteiger partial charge in [0.2, 0.25) is 11.8 Å². The summed E-state index contributed by atoms with van der Waals surface area (Å²) in [6.45, 7) is 5.59. The Labute approximate surface area is 158 Å². The number of hydrogen-bond donors (Lipinski definition) is 4. The van der Waals surface area contributed by atoms with Crippen LogP contribution >= 0.6 is 0 Å². The average Bonchev–Trinajstić information content (AvgIpc) is 3.02. The molecule has 146 valence electrons. The Balaban J connectivity index is 1.91. The van der Waals surface area contributed by atoms with Gasteiger partial charge in [-0.1, -0.05) is 39.0 Å². The molecule has 1 aromatic heterocycles. The Bertz CT molecular complexity index is 826. The second-order valence-electron chi connectivity index (χ2n) is 7.05. The van der Waals surface area contributed by atoms with Crippen molar-refractivity contribution in [1.82, 2.24) is 15.6 Å². The molecule has 1 atom stereocenters. The first-order valence-electron chi connectivity index (χ1n) is 9.18. The van der Waals surface area contributed by atoms with Gasteiger partial charge in [-0.3, -0.25) is 9.59 Å². The number of benzene rings is 1. The molecule has 4 N–H and O–H groups in total. The molecule has 7 nitrogen and oxygen atoms in total. The van der Waals surface area contributed by atoms with Gasteiger partial charge in [0, 0.05) is 17.1 Å². The van der Waals surface area contributed by atoms with E-state index in [2.05, 4.69) is 22.5 Å². The van der Waals surface area contributed by atoms with Crippen LogP contribution in [0.25, 0.3) is 10.9 Å². The highest BCUT2D eigenvalue weighted by Crippen LogP contribution is 2.22. The highest BCUT2D eigenvalue weighted by molar-refractivity contribution is 5.92. The Morgan fingerprint density at radius 3 is 2.52 bits per heavy atom. The zero-order chi connectivity index (χ0) is 20.0. The van der Waals surface area contributed by atoms with Crippen molar-refractivity contribution in [3.8, 4) is 0 Å². The Morgan fingerprint density at radius 1 is 1.15 bits per heavy atom. The molecule has 2 rings (SSSR count). The summed E-state index contributed by atoms with van der Waals surface area (Å²) in [5.41, 5.74) is 3.07. The second kappa shape index (κ2) is 9.21. The van der Waals surface area contributed by atoms with Crippen molar-refractivity contribution in [2.75, 3.05) is 6.54 Å². The number of aromatic amines is 1. The summed E-state index contributed by atoms with van der Waals surface area (Å²) in [7, 11) is 0. The van der Waals surface area contributed by atoms with Crippen LogP contribution in [0, 0.1) is 5.92 Å². The predicted molar refractivity (Wildman–Crippen MR) is 103 cm³/mol. The van der Waals surface area contributed by atoms with Gasteiger partial charge >= 0.3 is 5.97 Å². The van der Waals surface area contributed by atoms with E-state index in [4.69, 9.17) is 5.11 Å². The topological polar surface area (TPSA) is 111 Å². The van der Waals surface area contributed by atoms with E-state index >= 15 is 0 Å². The smallest absolute Gasteiger partial charge is 0.326 e. The van der Waals surface area contributed by atoms with E-state index in [9.17, 15) is 14.4 Å². The SMILES string of the molecule is CCc1cccc2c(CC(=O)NCC(=O)N[C@@H](CC(C)C)C(=O)O)c[nH]c12. The number of carbonyl (C=O) groups is 3. The van der Waals surface area contributed by atoms with Crippen LogP contribution in [0.4, 0.5) is 0 Å². The number of hydrogen-bond acceptors (Lipinski definition) is 3. The Kier molecular flexibility index (Phi) is 6.98. The number of rotatable bonds is 9. The lowest BCUT2D eigenvalue weighted by atomic mass is 10.0. The molecule has 2 aromatic rings. The second-order valence-corrected chi connectivity index (χ2v) is 7.05. The summed E-state index contributed by atoms with van der Waals surface area (Å²) in [5, 5.41) is 15.2. The van der Waals surface area contributed by atoms with Gasteiger partial charge in [0.15, 0.2) is 0 Å². The summed E-state index contributed by atoms with van der Waals surface area (Å²) >= 11 is 0. The van der Waals surface area contributed by atoms with Crippen LogP contribution in [0.1, 0.15) is 38.3 Å². The highest BCUT2D eigenvalue weighted by Gasteiger charge is 2.21. The van der Waals surface area contributed by atoms with Crippen molar-refractivity contribution in [2.24, 2.45) is 5.92 Å². The summed E-state index contributed by atoms with van der Waals surface area (Å²) < 4.78 is 0. The Morgan fingerprint density at radius 2 is 1.89 bits per heavy atom. The molecule has 0 aliphatic heterocycles. The molecule has 7 heteroatoms. The van der Waals surface area contributed by atoms with E-state index in [0.29, 0.717) is 6.42 Å². The summed E-state index contributed by atoms with van der Waals surface area (Å²) in [6.07, 6.45) is 3.19. The molecule has 27 heavy (non-hydrogen) atoms. The van der Waals surface area contributed by atoms with E-state index in [-0.39, 0.29) is 24.8 Å². The molecule has 0 bridgehead atoms. The molecular weight excluding hydrogens is 346 g/mol. The van der Waals surface area contributed by atoms with E-state index in [1.54, 1.807) is 0 Å². The molecule has 0 aliphatic carbocycles. The number of amides is 2. The van der Waals surface area contributed by atoms with Crippen molar-refractivity contribution in [3.05, 3.63) is 35.5 Å². The van der Waals surface area contributed by atoms with Gasteiger partial charge < -0.3 is 20.7 Å². The standard InChI is InChI=1S/C20H27N3O4/c1-4-13-6-5-7-15-14(10-22-19(13)15)9-17(24)21-11-18(25)23-16(20(26)27)8-12(2)3/h5-7,10,12,16,22H,4,8-9,11H2,1-3H3,(H,21,24)(H,23,25)(H,26,27)/t16-/m0/s1. The zero-order valence-electron chi connectivity index (χ0n) is 16.0. The van der Waals surface area contributed by atoms with Gasteiger partial charge in [0.05, 0.1) is 13.0 Å². The van der Waals surface area contributed by atoms with Crippen molar-refractivity contribution in [1.29, 1.82) is 0 Å². The number of fused-ring (bicyclic) bond motifs is 1. The maximum absolute atomic E-state index is 12.2. The zero-order valence-corrected chi connectivity index (χ0v) is 16.0. The fourth-order valence-corrected chi connectivity index (χ4v) is 3.07. The molecule has 0 unspecified atom stereocenters. The Hall–Kier alpha value is -2.83. The number of carboxylic acid groups (broad SMARTS) is 1. The van der Waals surface area contributed by atoms with Gasteiger partial charge in [0.1, 0.15) is 6.04 Å². The average molecular weight is 373 g/mol. The van der Waals surface area contributed by atoms with Gasteiger partial charge in [-0.25, -0.2) is 4.79 Å². The van der Waals surface area contributed by atoms with Crippen LogP contribution in [-0.2, 0) is 27.2 Å². The van der Waals surface area contributed by atoms with Crippen molar-refractivity contribution in [2.45, 2.75) is 46.1 Å². The number of aliphatic carboxylic acids is 1. The predicted octanol–water partition coefficient (Wildman–Crippen LogP) is 2.00. The summed E-state index contributed by atoms with van der Waals surface area (Å²) in [5.74, 6) is -1.74. The monoisotopic (exact) mass is 373 g/mol. The first-order chi connectivity index (χ1) is 12.8. The van der Waals surface area contributed by atoms with E-state index in [1.165, 1.54) is 5.56 Å². The first-order valence-corrected chi connectivity index (χ1v) is 9.18. The number of carbonyl (C=O) groups excluding carboxylic acids is 2. The maximum atomic E-state index is 12.2. The molecule has 0 radical (unpaired) electrons. The minimum atomic E-state index is -1.08. The number of H-pyrrole nitrogens is 1. The van der Waals surface area contributed by atoms with Gasteiger partial charge in [-0.15, -0.1) is 0 Å². The fourth-order valence-electron chi connectivity index (χ4n) is 3.07. The van der Waals surface area contributed by atoms with Gasteiger partial charge in [0.25, 0.3) is 0 Å². The normalized spacial score (nSPS) is 12.1. The maximum Gasteiger partial charge on any atom is 0.326 e. The summed E-state index contributed by atoms with van der Waals surface area (Å²) in [6, 6.07) is 5.02. The van der Waals surface area contributed by atoms with Crippen LogP contribution in [-0.4, -0.2) is 40.5 Å². The van der Waals surface area contributed by atoms with Gasteiger partial charge in [-0.2, -0.15) is 0 Å². The number of carboxylic acids is 1. The molecular formula is C20H27N3O4.